The number of Topliss-reactive ketones (excluding diaryl/α,β-unsaturated/α-hetero) is 1. The Morgan fingerprint density at radius 2 is 1.82 bits per heavy atom. The van der Waals surface area contributed by atoms with Gasteiger partial charge in [-0.15, -0.1) is 0 Å². The average Bonchev–Trinajstić information content (AvgIpc) is 2.90. The van der Waals surface area contributed by atoms with E-state index in [4.69, 9.17) is 0 Å². The van der Waals surface area contributed by atoms with Crippen LogP contribution < -0.4 is 0 Å². The van der Waals surface area contributed by atoms with Crippen LogP contribution in [0.5, 0.6) is 0 Å². The van der Waals surface area contributed by atoms with Crippen molar-refractivity contribution in [2.75, 3.05) is 0 Å². The predicted octanol–water partition coefficient (Wildman–Crippen LogP) is 3.86. The van der Waals surface area contributed by atoms with Crippen LogP contribution >= 0.6 is 0 Å². The van der Waals surface area contributed by atoms with Crippen LogP contribution in [0.4, 0.5) is 0 Å². The van der Waals surface area contributed by atoms with Gasteiger partial charge in [-0.2, -0.15) is 0 Å². The van der Waals surface area contributed by atoms with Crippen molar-refractivity contribution in [1.82, 2.24) is 0 Å². The summed E-state index contributed by atoms with van der Waals surface area (Å²) in [5.41, 5.74) is -0.477. The standard InChI is InChI=1S/C15H28O2/c1-3-5-7-9-14(16)11-13-12-15(13,17)10-8-6-4-2/h13,17H,3-12H2,1-2H3/t13-,15-/m0/s1. The molecule has 0 aromatic heterocycles. The van der Waals surface area contributed by atoms with Gasteiger partial charge in [-0.25, -0.2) is 0 Å². The lowest BCUT2D eigenvalue weighted by Crippen LogP contribution is -2.13. The van der Waals surface area contributed by atoms with Crippen molar-refractivity contribution >= 4 is 5.78 Å². The molecule has 1 rings (SSSR count). The number of carbonyl (C=O) groups excluding carboxylic acids is 1. The van der Waals surface area contributed by atoms with Gasteiger partial charge in [0.05, 0.1) is 5.60 Å². The Balaban J connectivity index is 2.11. The molecule has 0 aliphatic heterocycles. The Morgan fingerprint density at radius 3 is 2.47 bits per heavy atom. The Labute approximate surface area is 106 Å². The van der Waals surface area contributed by atoms with Gasteiger partial charge in [-0.3, -0.25) is 4.79 Å². The summed E-state index contributed by atoms with van der Waals surface area (Å²) in [6, 6.07) is 0. The summed E-state index contributed by atoms with van der Waals surface area (Å²) < 4.78 is 0. The van der Waals surface area contributed by atoms with Gasteiger partial charge in [-0.05, 0) is 25.2 Å². The molecule has 0 spiro atoms. The quantitative estimate of drug-likeness (QED) is 0.589. The fourth-order valence-electron chi connectivity index (χ4n) is 2.57. The van der Waals surface area contributed by atoms with Gasteiger partial charge in [0.1, 0.15) is 5.78 Å². The van der Waals surface area contributed by atoms with Gasteiger partial charge in [0, 0.05) is 12.8 Å². The first-order valence-electron chi connectivity index (χ1n) is 7.36. The lowest BCUT2D eigenvalue weighted by molar-refractivity contribution is -0.119. The summed E-state index contributed by atoms with van der Waals surface area (Å²) in [5, 5.41) is 10.2. The normalized spacial score (nSPS) is 27.1. The van der Waals surface area contributed by atoms with Crippen LogP contribution in [0, 0.1) is 5.92 Å². The van der Waals surface area contributed by atoms with E-state index < -0.39 is 5.60 Å². The highest BCUT2D eigenvalue weighted by Gasteiger charge is 2.52. The number of hydrogen-bond acceptors (Lipinski definition) is 2. The zero-order valence-electron chi connectivity index (χ0n) is 11.5. The second-order valence-electron chi connectivity index (χ2n) is 5.66. The lowest BCUT2D eigenvalue weighted by Gasteiger charge is -2.09. The first-order chi connectivity index (χ1) is 8.12. The van der Waals surface area contributed by atoms with Crippen LogP contribution in [-0.4, -0.2) is 16.5 Å². The summed E-state index contributed by atoms with van der Waals surface area (Å²) in [7, 11) is 0. The monoisotopic (exact) mass is 240 g/mol. The maximum Gasteiger partial charge on any atom is 0.133 e. The van der Waals surface area contributed by atoms with Crippen molar-refractivity contribution in [1.29, 1.82) is 0 Å². The van der Waals surface area contributed by atoms with Crippen LogP contribution in [0.15, 0.2) is 0 Å². The third-order valence-electron chi connectivity index (χ3n) is 3.95. The number of hydrogen-bond donors (Lipinski definition) is 1. The van der Waals surface area contributed by atoms with E-state index >= 15 is 0 Å². The highest BCUT2D eigenvalue weighted by Crippen LogP contribution is 2.49. The van der Waals surface area contributed by atoms with E-state index in [0.717, 1.165) is 44.9 Å². The topological polar surface area (TPSA) is 37.3 Å². The van der Waals surface area contributed by atoms with Crippen molar-refractivity contribution in [3.63, 3.8) is 0 Å². The highest BCUT2D eigenvalue weighted by molar-refractivity contribution is 5.79. The molecule has 100 valence electrons. The molecule has 1 fully saturated rings. The van der Waals surface area contributed by atoms with Crippen LogP contribution in [0.25, 0.3) is 0 Å². The molecule has 0 amide bonds. The lowest BCUT2D eigenvalue weighted by atomic mass is 10.0. The van der Waals surface area contributed by atoms with Gasteiger partial charge in [0.25, 0.3) is 0 Å². The van der Waals surface area contributed by atoms with Gasteiger partial charge in [0.2, 0.25) is 0 Å². The smallest absolute Gasteiger partial charge is 0.133 e. The summed E-state index contributed by atoms with van der Waals surface area (Å²) in [6.45, 7) is 4.32. The van der Waals surface area contributed by atoms with Crippen LogP contribution in [-0.2, 0) is 4.79 Å². The van der Waals surface area contributed by atoms with Gasteiger partial charge in [-0.1, -0.05) is 46.0 Å². The van der Waals surface area contributed by atoms with E-state index in [1.165, 1.54) is 12.8 Å². The molecule has 0 bridgehead atoms. The van der Waals surface area contributed by atoms with Gasteiger partial charge >= 0.3 is 0 Å². The molecule has 1 N–H and O–H groups in total. The maximum atomic E-state index is 11.7. The second kappa shape index (κ2) is 7.15. The van der Waals surface area contributed by atoms with Crippen molar-refractivity contribution in [2.45, 2.75) is 83.7 Å². The zero-order chi connectivity index (χ0) is 12.7. The molecule has 0 heterocycles. The molecule has 0 aromatic rings. The summed E-state index contributed by atoms with van der Waals surface area (Å²) >= 11 is 0. The Morgan fingerprint density at radius 1 is 1.18 bits per heavy atom. The van der Waals surface area contributed by atoms with E-state index in [1.807, 2.05) is 0 Å². The molecule has 2 heteroatoms. The van der Waals surface area contributed by atoms with Gasteiger partial charge < -0.3 is 5.11 Å². The van der Waals surface area contributed by atoms with Crippen LogP contribution in [0.3, 0.4) is 0 Å². The SMILES string of the molecule is CCCCCC(=O)C[C@H]1C[C@@]1(O)CCCCC. The minimum atomic E-state index is -0.477. The Bertz CT molecular complexity index is 237. The molecule has 2 atom stereocenters. The molecule has 1 aliphatic carbocycles. The van der Waals surface area contributed by atoms with E-state index in [1.54, 1.807) is 0 Å². The fourth-order valence-corrected chi connectivity index (χ4v) is 2.57. The third-order valence-corrected chi connectivity index (χ3v) is 3.95. The van der Waals surface area contributed by atoms with Crippen molar-refractivity contribution < 1.29 is 9.90 Å². The maximum absolute atomic E-state index is 11.7. The fraction of sp³-hybridized carbons (Fsp3) is 0.933. The molecule has 1 saturated carbocycles. The summed E-state index contributed by atoms with van der Waals surface area (Å²) in [4.78, 5) is 11.7. The summed E-state index contributed by atoms with van der Waals surface area (Å²) in [6.07, 6.45) is 9.92. The third kappa shape index (κ3) is 5.20. The minimum absolute atomic E-state index is 0.272. The average molecular weight is 240 g/mol. The molecule has 1 aliphatic rings. The van der Waals surface area contributed by atoms with Crippen LogP contribution in [0.1, 0.15) is 78.1 Å². The van der Waals surface area contributed by atoms with E-state index in [2.05, 4.69) is 13.8 Å². The number of carbonyl (C=O) groups is 1. The van der Waals surface area contributed by atoms with E-state index in [9.17, 15) is 9.90 Å². The van der Waals surface area contributed by atoms with Crippen molar-refractivity contribution in [2.24, 2.45) is 5.92 Å². The van der Waals surface area contributed by atoms with Crippen LogP contribution in [0.2, 0.25) is 0 Å². The minimum Gasteiger partial charge on any atom is -0.390 e. The first kappa shape index (κ1) is 14.7. The highest BCUT2D eigenvalue weighted by atomic mass is 16.3. The molecule has 0 saturated heterocycles. The zero-order valence-corrected chi connectivity index (χ0v) is 11.5. The van der Waals surface area contributed by atoms with Crippen molar-refractivity contribution in [3.8, 4) is 0 Å². The molecular formula is C15H28O2. The molecule has 17 heavy (non-hydrogen) atoms. The van der Waals surface area contributed by atoms with E-state index in [-0.39, 0.29) is 5.92 Å². The summed E-state index contributed by atoms with van der Waals surface area (Å²) in [5.74, 6) is 0.628. The Hall–Kier alpha value is -0.370. The van der Waals surface area contributed by atoms with Gasteiger partial charge in [0.15, 0.2) is 0 Å². The van der Waals surface area contributed by atoms with Crippen molar-refractivity contribution in [3.05, 3.63) is 0 Å². The molecule has 0 radical (unpaired) electrons. The number of unbranched alkanes of at least 4 members (excludes halogenated alkanes) is 4. The molecule has 0 aromatic carbocycles. The largest absolute Gasteiger partial charge is 0.390 e. The first-order valence-corrected chi connectivity index (χ1v) is 7.36. The molecule has 0 unspecified atom stereocenters. The second-order valence-corrected chi connectivity index (χ2v) is 5.66. The number of aliphatic hydroxyl groups is 1. The number of rotatable bonds is 10. The number of ketones is 1. The molecular weight excluding hydrogens is 212 g/mol. The molecule has 2 nitrogen and oxygen atoms in total. The predicted molar refractivity (Wildman–Crippen MR) is 71.0 cm³/mol. The van der Waals surface area contributed by atoms with E-state index in [0.29, 0.717) is 12.2 Å². The Kier molecular flexibility index (Phi) is 6.18.